The minimum absolute atomic E-state index is 0.102. The molecule has 0 radical (unpaired) electrons. The zero-order valence-corrected chi connectivity index (χ0v) is 25.8. The summed E-state index contributed by atoms with van der Waals surface area (Å²) in [5.41, 5.74) is 8.47. The third-order valence-corrected chi connectivity index (χ3v) is 9.33. The van der Waals surface area contributed by atoms with Gasteiger partial charge in [0.05, 0.1) is 0 Å². The highest BCUT2D eigenvalue weighted by molar-refractivity contribution is 6.20. The molecule has 0 saturated heterocycles. The topological polar surface area (TPSA) is 51.8 Å². The van der Waals surface area contributed by atoms with E-state index in [2.05, 4.69) is 134 Å². The Balaban J connectivity index is 1.29. The van der Waals surface area contributed by atoms with E-state index < -0.39 is 0 Å². The number of fused-ring (bicyclic) bond motifs is 4. The summed E-state index contributed by atoms with van der Waals surface area (Å²) in [6, 6.07) is 36.4. The van der Waals surface area contributed by atoms with Crippen LogP contribution in [0.2, 0.25) is 0 Å². The van der Waals surface area contributed by atoms with Crippen molar-refractivity contribution in [3.63, 3.8) is 0 Å². The van der Waals surface area contributed by atoms with E-state index in [0.717, 1.165) is 69.5 Å². The maximum atomic E-state index is 6.56. The van der Waals surface area contributed by atoms with Crippen LogP contribution in [0.25, 0.3) is 71.9 Å². The van der Waals surface area contributed by atoms with Gasteiger partial charge in [0.1, 0.15) is 17.0 Å². The first-order chi connectivity index (χ1) is 23.3. The van der Waals surface area contributed by atoms with Crippen LogP contribution < -0.4 is 0 Å². The molecule has 47 heavy (non-hydrogen) atoms. The lowest BCUT2D eigenvalue weighted by molar-refractivity contribution is 0.669. The molecule has 1 unspecified atom stereocenters. The lowest BCUT2D eigenvalue weighted by atomic mass is 9.90. The Hall–Kier alpha value is -5.87. The van der Waals surface area contributed by atoms with Gasteiger partial charge in [-0.05, 0) is 70.0 Å². The quantitative estimate of drug-likeness (QED) is 0.196. The fourth-order valence-corrected chi connectivity index (χ4v) is 7.06. The summed E-state index contributed by atoms with van der Waals surface area (Å²) in [7, 11) is 0. The molecule has 2 aromatic heterocycles. The first-order valence-corrected chi connectivity index (χ1v) is 16.3. The lowest BCUT2D eigenvalue weighted by Crippen LogP contribution is -2.10. The Labute approximate surface area is 273 Å². The molecule has 9 rings (SSSR count). The normalized spacial score (nSPS) is 15.9. The van der Waals surface area contributed by atoms with Crippen molar-refractivity contribution in [3.05, 3.63) is 157 Å². The predicted octanol–water partition coefficient (Wildman–Crippen LogP) is 11.3. The molecule has 0 N–H and O–H groups in total. The van der Waals surface area contributed by atoms with Gasteiger partial charge in [-0.3, -0.25) is 0 Å². The van der Waals surface area contributed by atoms with E-state index in [1.807, 2.05) is 12.1 Å². The number of furan rings is 1. The van der Waals surface area contributed by atoms with Crippen molar-refractivity contribution in [1.29, 1.82) is 0 Å². The molecule has 2 aliphatic carbocycles. The maximum absolute atomic E-state index is 6.56. The van der Waals surface area contributed by atoms with E-state index in [9.17, 15) is 0 Å². The fraction of sp³-hybridized carbons (Fsp3) is 0.0930. The highest BCUT2D eigenvalue weighted by atomic mass is 16.3. The number of allylic oxidation sites excluding steroid dienone is 8. The molecule has 0 spiro atoms. The fourth-order valence-electron chi connectivity index (χ4n) is 7.06. The number of hydrogen-bond donors (Lipinski definition) is 0. The van der Waals surface area contributed by atoms with Crippen LogP contribution in [0.5, 0.6) is 0 Å². The van der Waals surface area contributed by atoms with Gasteiger partial charge < -0.3 is 4.42 Å². The number of nitrogens with zero attached hydrogens (tertiary/aromatic N) is 3. The summed E-state index contributed by atoms with van der Waals surface area (Å²) >= 11 is 0. The van der Waals surface area contributed by atoms with Crippen molar-refractivity contribution in [2.45, 2.75) is 25.2 Å². The molecule has 0 bridgehead atoms. The average Bonchev–Trinajstić information content (AvgIpc) is 3.55. The third-order valence-electron chi connectivity index (χ3n) is 9.33. The SMILES string of the molecule is C1=CCCC(c2nc(-c3cccc4oc5cccc(-c6ccc(-c7ccccc7)c7ccccc67)c5c34)nc(C3C=CC=CC3)n2)=C1. The van der Waals surface area contributed by atoms with Crippen molar-refractivity contribution < 1.29 is 4.42 Å². The second-order valence-electron chi connectivity index (χ2n) is 12.2. The Bertz CT molecular complexity index is 2450. The van der Waals surface area contributed by atoms with Gasteiger partial charge in [0, 0.05) is 22.3 Å². The van der Waals surface area contributed by atoms with Crippen LogP contribution in [0.1, 0.15) is 36.8 Å². The highest BCUT2D eigenvalue weighted by Gasteiger charge is 2.23. The molecule has 1 atom stereocenters. The average molecular weight is 606 g/mol. The summed E-state index contributed by atoms with van der Waals surface area (Å²) in [6.45, 7) is 0. The molecule has 224 valence electrons. The Morgan fingerprint density at radius 2 is 1.28 bits per heavy atom. The molecule has 4 heteroatoms. The number of benzene rings is 5. The van der Waals surface area contributed by atoms with Gasteiger partial charge in [-0.1, -0.05) is 134 Å². The monoisotopic (exact) mass is 605 g/mol. The molecule has 0 fully saturated rings. The van der Waals surface area contributed by atoms with Crippen LogP contribution in [0, 0.1) is 0 Å². The standard InChI is InChI=1S/C43H31N3O/c1-4-14-28(15-5-1)31-26-27-34(33-21-11-10-20-32(31)33)35-22-12-24-37-39(35)40-36(23-13-25-38(40)47-37)43-45-41(29-16-6-2-7-17-29)44-42(46-43)30-18-8-3-9-19-30/h1-8,10-16,18,20-27,29H,9,17,19H2. The zero-order valence-electron chi connectivity index (χ0n) is 25.8. The molecule has 2 heterocycles. The van der Waals surface area contributed by atoms with Crippen molar-refractivity contribution in [3.8, 4) is 33.6 Å². The molecule has 0 saturated carbocycles. The first kappa shape index (κ1) is 27.4. The van der Waals surface area contributed by atoms with E-state index in [1.165, 1.54) is 27.5 Å². The van der Waals surface area contributed by atoms with Gasteiger partial charge in [0.2, 0.25) is 0 Å². The summed E-state index contributed by atoms with van der Waals surface area (Å²) < 4.78 is 6.56. The molecule has 2 aliphatic rings. The zero-order chi connectivity index (χ0) is 31.2. The second-order valence-corrected chi connectivity index (χ2v) is 12.2. The smallest absolute Gasteiger partial charge is 0.164 e. The van der Waals surface area contributed by atoms with Gasteiger partial charge in [0.25, 0.3) is 0 Å². The molecule has 0 aliphatic heterocycles. The maximum Gasteiger partial charge on any atom is 0.164 e. The summed E-state index contributed by atoms with van der Waals surface area (Å²) in [5, 5.41) is 4.51. The van der Waals surface area contributed by atoms with Gasteiger partial charge in [-0.25, -0.2) is 15.0 Å². The number of aromatic nitrogens is 3. The van der Waals surface area contributed by atoms with Gasteiger partial charge >= 0.3 is 0 Å². The summed E-state index contributed by atoms with van der Waals surface area (Å²) in [6.07, 6.45) is 17.7. The lowest BCUT2D eigenvalue weighted by Gasteiger charge is -2.16. The van der Waals surface area contributed by atoms with Crippen LogP contribution in [-0.4, -0.2) is 15.0 Å². The minimum Gasteiger partial charge on any atom is -0.456 e. The predicted molar refractivity (Wildman–Crippen MR) is 193 cm³/mol. The molecular weight excluding hydrogens is 574 g/mol. The van der Waals surface area contributed by atoms with Gasteiger partial charge in [-0.2, -0.15) is 0 Å². The molecule has 4 nitrogen and oxygen atoms in total. The van der Waals surface area contributed by atoms with E-state index in [-0.39, 0.29) is 5.92 Å². The van der Waals surface area contributed by atoms with Crippen molar-refractivity contribution in [1.82, 2.24) is 15.0 Å². The van der Waals surface area contributed by atoms with Gasteiger partial charge in [-0.15, -0.1) is 0 Å². The molecule has 0 amide bonds. The van der Waals surface area contributed by atoms with Crippen LogP contribution in [0.4, 0.5) is 0 Å². The Kier molecular flexibility index (Phi) is 6.71. The molecular formula is C43H31N3O. The summed E-state index contributed by atoms with van der Waals surface area (Å²) in [4.78, 5) is 15.3. The van der Waals surface area contributed by atoms with E-state index in [0.29, 0.717) is 5.82 Å². The van der Waals surface area contributed by atoms with Gasteiger partial charge in [0.15, 0.2) is 11.6 Å². The van der Waals surface area contributed by atoms with E-state index >= 15 is 0 Å². The summed E-state index contributed by atoms with van der Waals surface area (Å²) in [5.74, 6) is 2.33. The molecule has 5 aromatic carbocycles. The van der Waals surface area contributed by atoms with Crippen molar-refractivity contribution >= 4 is 38.3 Å². The highest BCUT2D eigenvalue weighted by Crippen LogP contribution is 2.44. The Morgan fingerprint density at radius 3 is 2.04 bits per heavy atom. The number of rotatable bonds is 5. The number of hydrogen-bond acceptors (Lipinski definition) is 4. The van der Waals surface area contributed by atoms with Crippen LogP contribution in [0.15, 0.2) is 150 Å². The minimum atomic E-state index is 0.102. The third kappa shape index (κ3) is 4.81. The van der Waals surface area contributed by atoms with Crippen molar-refractivity contribution in [2.75, 3.05) is 0 Å². The van der Waals surface area contributed by atoms with Crippen LogP contribution >= 0.6 is 0 Å². The van der Waals surface area contributed by atoms with Crippen molar-refractivity contribution in [2.24, 2.45) is 0 Å². The Morgan fingerprint density at radius 1 is 0.553 bits per heavy atom. The largest absolute Gasteiger partial charge is 0.456 e. The van der Waals surface area contributed by atoms with Crippen LogP contribution in [-0.2, 0) is 0 Å². The van der Waals surface area contributed by atoms with E-state index in [4.69, 9.17) is 19.4 Å². The first-order valence-electron chi connectivity index (χ1n) is 16.3. The van der Waals surface area contributed by atoms with Crippen LogP contribution in [0.3, 0.4) is 0 Å². The van der Waals surface area contributed by atoms with E-state index in [1.54, 1.807) is 0 Å². The molecule has 7 aromatic rings. The second kappa shape index (κ2) is 11.5.